The Kier molecular flexibility index (Phi) is 5.77. The molecule has 1 aromatic rings. The van der Waals surface area contributed by atoms with E-state index in [2.05, 4.69) is 29.0 Å². The maximum Gasteiger partial charge on any atom is 0.140 e. The summed E-state index contributed by atoms with van der Waals surface area (Å²) in [5.41, 5.74) is 0. The first-order chi connectivity index (χ1) is 7.63. The lowest BCUT2D eigenvalue weighted by molar-refractivity contribution is 0.305. The molecule has 0 aliphatic carbocycles. The first-order valence-electron chi connectivity index (χ1n) is 5.82. The van der Waals surface area contributed by atoms with E-state index in [1.54, 1.807) is 6.33 Å². The van der Waals surface area contributed by atoms with Gasteiger partial charge in [0.2, 0.25) is 0 Å². The zero-order chi connectivity index (χ0) is 12.0. The highest BCUT2D eigenvalue weighted by Crippen LogP contribution is 2.04. The van der Waals surface area contributed by atoms with Gasteiger partial charge < -0.3 is 0 Å². The third-order valence-corrected chi connectivity index (χ3v) is 2.67. The van der Waals surface area contributed by atoms with Gasteiger partial charge in [0.05, 0.1) is 6.54 Å². The van der Waals surface area contributed by atoms with Crippen molar-refractivity contribution in [3.05, 3.63) is 12.2 Å². The van der Waals surface area contributed by atoms with Gasteiger partial charge in [-0.2, -0.15) is 5.10 Å². The lowest BCUT2D eigenvalue weighted by Crippen LogP contribution is -2.23. The van der Waals surface area contributed by atoms with E-state index >= 15 is 0 Å². The van der Waals surface area contributed by atoms with E-state index in [4.69, 9.17) is 11.6 Å². The second kappa shape index (κ2) is 6.86. The molecule has 0 aliphatic rings. The minimum absolute atomic E-state index is 0.232. The normalized spacial score (nSPS) is 13.3. The molecule has 0 bridgehead atoms. The molecule has 0 amide bonds. The third-order valence-electron chi connectivity index (χ3n) is 2.45. The minimum atomic E-state index is 0.232. The largest absolute Gasteiger partial charge is 0.299 e. The molecule has 0 spiro atoms. The molecule has 1 heterocycles. The molecule has 4 nitrogen and oxygen atoms in total. The van der Waals surface area contributed by atoms with Crippen molar-refractivity contribution >= 4 is 11.6 Å². The highest BCUT2D eigenvalue weighted by atomic mass is 35.5. The molecule has 92 valence electrons. The Bertz CT molecular complexity index is 298. The Morgan fingerprint density at radius 1 is 1.56 bits per heavy atom. The highest BCUT2D eigenvalue weighted by molar-refractivity contribution is 6.20. The zero-order valence-corrected chi connectivity index (χ0v) is 11.1. The number of halogens is 1. The van der Waals surface area contributed by atoms with Gasteiger partial charge in [-0.15, -0.1) is 11.6 Å². The molecule has 0 radical (unpaired) electrons. The van der Waals surface area contributed by atoms with Crippen molar-refractivity contribution in [1.29, 1.82) is 0 Å². The molecule has 0 saturated carbocycles. The summed E-state index contributed by atoms with van der Waals surface area (Å²) in [4.78, 5) is 6.51. The van der Waals surface area contributed by atoms with Gasteiger partial charge in [-0.3, -0.25) is 4.90 Å². The minimum Gasteiger partial charge on any atom is -0.299 e. The maximum absolute atomic E-state index is 5.92. The van der Waals surface area contributed by atoms with Gasteiger partial charge in [-0.05, 0) is 33.4 Å². The first-order valence-corrected chi connectivity index (χ1v) is 6.26. The average Bonchev–Trinajstić information content (AvgIpc) is 2.63. The fourth-order valence-electron chi connectivity index (χ4n) is 1.53. The Balaban J connectivity index is 2.42. The van der Waals surface area contributed by atoms with E-state index in [1.807, 2.05) is 11.6 Å². The smallest absolute Gasteiger partial charge is 0.140 e. The second-order valence-electron chi connectivity index (χ2n) is 4.21. The van der Waals surface area contributed by atoms with Gasteiger partial charge in [0.1, 0.15) is 12.2 Å². The van der Waals surface area contributed by atoms with Crippen LogP contribution in [0.25, 0.3) is 0 Å². The summed E-state index contributed by atoms with van der Waals surface area (Å²) in [5.74, 6) is 1.03. The molecule has 1 rings (SSSR count). The number of alkyl halides is 1. The second-order valence-corrected chi connectivity index (χ2v) is 4.95. The summed E-state index contributed by atoms with van der Waals surface area (Å²) in [6.07, 6.45) is 3.71. The molecule has 0 saturated heterocycles. The molecular formula is C11H21ClN4. The van der Waals surface area contributed by atoms with Crippen LogP contribution in [-0.4, -0.2) is 38.6 Å². The van der Waals surface area contributed by atoms with Crippen LogP contribution in [0, 0.1) is 0 Å². The van der Waals surface area contributed by atoms with Crippen molar-refractivity contribution in [3.63, 3.8) is 0 Å². The summed E-state index contributed by atoms with van der Waals surface area (Å²) in [5, 5.41) is 4.44. The van der Waals surface area contributed by atoms with Gasteiger partial charge in [-0.1, -0.05) is 6.92 Å². The predicted molar refractivity (Wildman–Crippen MR) is 66.6 cm³/mol. The van der Waals surface area contributed by atoms with E-state index in [-0.39, 0.29) is 5.38 Å². The number of hydrogen-bond donors (Lipinski definition) is 0. The highest BCUT2D eigenvalue weighted by Gasteiger charge is 2.07. The third kappa shape index (κ3) is 4.49. The summed E-state index contributed by atoms with van der Waals surface area (Å²) in [6.45, 7) is 6.93. The van der Waals surface area contributed by atoms with Crippen molar-refractivity contribution in [2.45, 2.75) is 45.2 Å². The van der Waals surface area contributed by atoms with Gasteiger partial charge >= 0.3 is 0 Å². The molecule has 1 atom stereocenters. The first kappa shape index (κ1) is 13.5. The van der Waals surface area contributed by atoms with Crippen LogP contribution >= 0.6 is 11.6 Å². The van der Waals surface area contributed by atoms with Gasteiger partial charge in [0, 0.05) is 11.9 Å². The van der Waals surface area contributed by atoms with Crippen molar-refractivity contribution in [2.75, 3.05) is 13.6 Å². The standard InChI is InChI=1S/C11H21ClN4/c1-4-6-16-11(13-9-14-16)8-15(3)7-5-10(2)12/h9-10H,4-8H2,1-3H3. The summed E-state index contributed by atoms with van der Waals surface area (Å²) >= 11 is 5.92. The maximum atomic E-state index is 5.92. The Morgan fingerprint density at radius 2 is 2.31 bits per heavy atom. The monoisotopic (exact) mass is 244 g/mol. The van der Waals surface area contributed by atoms with Crippen molar-refractivity contribution in [2.24, 2.45) is 0 Å². The van der Waals surface area contributed by atoms with Crippen LogP contribution in [0.1, 0.15) is 32.5 Å². The van der Waals surface area contributed by atoms with Crippen molar-refractivity contribution in [3.8, 4) is 0 Å². The quantitative estimate of drug-likeness (QED) is 0.690. The van der Waals surface area contributed by atoms with E-state index in [0.717, 1.165) is 38.3 Å². The fraction of sp³-hybridized carbons (Fsp3) is 0.818. The van der Waals surface area contributed by atoms with Crippen LogP contribution in [0.4, 0.5) is 0 Å². The van der Waals surface area contributed by atoms with Crippen LogP contribution < -0.4 is 0 Å². The molecular weight excluding hydrogens is 224 g/mol. The van der Waals surface area contributed by atoms with E-state index in [9.17, 15) is 0 Å². The van der Waals surface area contributed by atoms with Crippen LogP contribution in [-0.2, 0) is 13.1 Å². The Labute approximate surface area is 103 Å². The predicted octanol–water partition coefficient (Wildman–Crippen LogP) is 2.14. The average molecular weight is 245 g/mol. The zero-order valence-electron chi connectivity index (χ0n) is 10.4. The summed E-state index contributed by atoms with van der Waals surface area (Å²) < 4.78 is 1.97. The number of hydrogen-bond acceptors (Lipinski definition) is 3. The molecule has 0 fully saturated rings. The summed E-state index contributed by atoms with van der Waals surface area (Å²) in [7, 11) is 2.09. The van der Waals surface area contributed by atoms with Gasteiger partial charge in [0.25, 0.3) is 0 Å². The lowest BCUT2D eigenvalue weighted by atomic mass is 10.3. The molecule has 16 heavy (non-hydrogen) atoms. The van der Waals surface area contributed by atoms with E-state index in [0.29, 0.717) is 0 Å². The Morgan fingerprint density at radius 3 is 2.94 bits per heavy atom. The number of aromatic nitrogens is 3. The van der Waals surface area contributed by atoms with Crippen LogP contribution in [0.15, 0.2) is 6.33 Å². The van der Waals surface area contributed by atoms with Gasteiger partial charge in [0.15, 0.2) is 0 Å². The van der Waals surface area contributed by atoms with Gasteiger partial charge in [-0.25, -0.2) is 9.67 Å². The number of aryl methyl sites for hydroxylation is 1. The number of nitrogens with zero attached hydrogens (tertiary/aromatic N) is 4. The summed E-state index contributed by atoms with van der Waals surface area (Å²) in [6, 6.07) is 0. The SMILES string of the molecule is CCCn1ncnc1CN(C)CCC(C)Cl. The van der Waals surface area contributed by atoms with Crippen LogP contribution in [0.3, 0.4) is 0 Å². The molecule has 1 unspecified atom stereocenters. The molecule has 0 aliphatic heterocycles. The molecule has 5 heteroatoms. The fourth-order valence-corrected chi connectivity index (χ4v) is 1.63. The van der Waals surface area contributed by atoms with Crippen LogP contribution in [0.5, 0.6) is 0 Å². The van der Waals surface area contributed by atoms with E-state index < -0.39 is 0 Å². The van der Waals surface area contributed by atoms with E-state index in [1.165, 1.54) is 0 Å². The molecule has 0 N–H and O–H groups in total. The molecule has 1 aromatic heterocycles. The number of rotatable bonds is 7. The molecule has 0 aromatic carbocycles. The lowest BCUT2D eigenvalue weighted by Gasteiger charge is -2.17. The van der Waals surface area contributed by atoms with Crippen LogP contribution in [0.2, 0.25) is 0 Å². The topological polar surface area (TPSA) is 34.0 Å². The van der Waals surface area contributed by atoms with Crippen molar-refractivity contribution in [1.82, 2.24) is 19.7 Å². The Hall–Kier alpha value is -0.610. The van der Waals surface area contributed by atoms with Crippen molar-refractivity contribution < 1.29 is 0 Å².